The first-order chi connectivity index (χ1) is 10.0. The summed E-state index contributed by atoms with van der Waals surface area (Å²) in [6, 6.07) is 8.05. The quantitative estimate of drug-likeness (QED) is 0.948. The van der Waals surface area contributed by atoms with Crippen molar-refractivity contribution in [3.63, 3.8) is 0 Å². The van der Waals surface area contributed by atoms with Crippen LogP contribution in [0.3, 0.4) is 0 Å². The highest BCUT2D eigenvalue weighted by molar-refractivity contribution is 6.31. The van der Waals surface area contributed by atoms with Gasteiger partial charge in [-0.3, -0.25) is 4.68 Å². The van der Waals surface area contributed by atoms with E-state index in [0.717, 1.165) is 40.6 Å². The minimum Gasteiger partial charge on any atom is -0.491 e. The second kappa shape index (κ2) is 5.35. The summed E-state index contributed by atoms with van der Waals surface area (Å²) in [7, 11) is 1.92. The van der Waals surface area contributed by atoms with Gasteiger partial charge in [-0.25, -0.2) is 0 Å². The van der Waals surface area contributed by atoms with Gasteiger partial charge in [0.1, 0.15) is 12.4 Å². The third-order valence-corrected chi connectivity index (χ3v) is 4.49. The van der Waals surface area contributed by atoms with Gasteiger partial charge < -0.3 is 10.5 Å². The number of fused-ring (bicyclic) bond motifs is 1. The van der Waals surface area contributed by atoms with Gasteiger partial charge in [0, 0.05) is 13.5 Å². The van der Waals surface area contributed by atoms with Crippen LogP contribution < -0.4 is 10.5 Å². The first-order valence-corrected chi connectivity index (χ1v) is 7.60. The number of para-hydroxylation sites is 1. The van der Waals surface area contributed by atoms with Crippen LogP contribution in [0.5, 0.6) is 5.75 Å². The lowest BCUT2D eigenvalue weighted by Crippen LogP contribution is -2.52. The molecule has 4 nitrogen and oxygen atoms in total. The molecule has 5 heteroatoms. The van der Waals surface area contributed by atoms with E-state index in [0.29, 0.717) is 13.0 Å². The van der Waals surface area contributed by atoms with Crippen LogP contribution in [0.1, 0.15) is 23.9 Å². The Balaban J connectivity index is 1.87. The number of nitrogens with two attached hydrogens (primary N) is 1. The first-order valence-electron chi connectivity index (χ1n) is 7.22. The Morgan fingerprint density at radius 1 is 1.43 bits per heavy atom. The molecule has 2 heterocycles. The third kappa shape index (κ3) is 2.65. The number of nitrogens with zero attached hydrogens (tertiary/aromatic N) is 2. The van der Waals surface area contributed by atoms with E-state index in [-0.39, 0.29) is 0 Å². The molecular formula is C16H20ClN3O. The van der Waals surface area contributed by atoms with Gasteiger partial charge in [0.2, 0.25) is 0 Å². The molecule has 0 fully saturated rings. The second-order valence-corrected chi connectivity index (χ2v) is 6.17. The van der Waals surface area contributed by atoms with Crippen molar-refractivity contribution in [2.45, 2.75) is 31.7 Å². The summed E-state index contributed by atoms with van der Waals surface area (Å²) in [6.45, 7) is 2.54. The van der Waals surface area contributed by atoms with Crippen molar-refractivity contribution in [1.29, 1.82) is 0 Å². The molecule has 0 bridgehead atoms. The van der Waals surface area contributed by atoms with E-state index in [1.165, 1.54) is 0 Å². The van der Waals surface area contributed by atoms with E-state index >= 15 is 0 Å². The van der Waals surface area contributed by atoms with E-state index in [2.05, 4.69) is 18.1 Å². The van der Waals surface area contributed by atoms with Crippen LogP contribution in [0, 0.1) is 0 Å². The smallest absolute Gasteiger partial charge is 0.122 e. The molecule has 0 amide bonds. The Labute approximate surface area is 129 Å². The van der Waals surface area contributed by atoms with Crippen molar-refractivity contribution >= 4 is 11.6 Å². The molecule has 0 aliphatic carbocycles. The maximum absolute atomic E-state index is 6.57. The molecule has 1 aliphatic rings. The van der Waals surface area contributed by atoms with Crippen LogP contribution in [-0.2, 0) is 26.3 Å². The summed E-state index contributed by atoms with van der Waals surface area (Å²) < 4.78 is 7.67. The topological polar surface area (TPSA) is 53.1 Å². The Morgan fingerprint density at radius 2 is 2.19 bits per heavy atom. The van der Waals surface area contributed by atoms with Crippen LogP contribution in [0.25, 0.3) is 0 Å². The van der Waals surface area contributed by atoms with Gasteiger partial charge >= 0.3 is 0 Å². The van der Waals surface area contributed by atoms with E-state index in [1.807, 2.05) is 29.9 Å². The summed E-state index contributed by atoms with van der Waals surface area (Å²) in [5, 5.41) is 5.20. The fourth-order valence-corrected chi connectivity index (χ4v) is 3.26. The van der Waals surface area contributed by atoms with Crippen LogP contribution in [0.4, 0.5) is 0 Å². The largest absolute Gasteiger partial charge is 0.491 e. The minimum atomic E-state index is -0.448. The Morgan fingerprint density at radius 3 is 2.90 bits per heavy atom. The minimum absolute atomic E-state index is 0.448. The number of ether oxygens (including phenoxy) is 1. The Kier molecular flexibility index (Phi) is 3.68. The molecule has 0 radical (unpaired) electrons. The van der Waals surface area contributed by atoms with E-state index in [1.54, 1.807) is 0 Å². The zero-order valence-electron chi connectivity index (χ0n) is 12.4. The summed E-state index contributed by atoms with van der Waals surface area (Å²) >= 11 is 6.43. The van der Waals surface area contributed by atoms with Crippen LogP contribution >= 0.6 is 11.6 Å². The lowest BCUT2D eigenvalue weighted by Gasteiger charge is -2.34. The highest BCUT2D eigenvalue weighted by atomic mass is 35.5. The molecule has 0 saturated carbocycles. The van der Waals surface area contributed by atoms with Crippen molar-refractivity contribution in [2.24, 2.45) is 12.8 Å². The highest BCUT2D eigenvalue weighted by Gasteiger charge is 2.34. The van der Waals surface area contributed by atoms with Crippen LogP contribution in [0.15, 0.2) is 24.3 Å². The molecule has 112 valence electrons. The summed E-state index contributed by atoms with van der Waals surface area (Å²) in [5.74, 6) is 0.934. The Hall–Kier alpha value is -1.52. The van der Waals surface area contributed by atoms with Gasteiger partial charge in [-0.1, -0.05) is 36.7 Å². The molecule has 2 aromatic rings. The van der Waals surface area contributed by atoms with Crippen molar-refractivity contribution in [3.8, 4) is 5.75 Å². The van der Waals surface area contributed by atoms with Gasteiger partial charge in [-0.05, 0) is 24.5 Å². The molecule has 1 aromatic carbocycles. The van der Waals surface area contributed by atoms with Gasteiger partial charge in [0.15, 0.2) is 0 Å². The molecule has 1 aromatic heterocycles. The van der Waals surface area contributed by atoms with Crippen molar-refractivity contribution in [1.82, 2.24) is 9.78 Å². The van der Waals surface area contributed by atoms with Gasteiger partial charge in [-0.15, -0.1) is 0 Å². The average Bonchev–Trinajstić information content (AvgIpc) is 2.74. The molecule has 2 N–H and O–H groups in total. The number of halogens is 1. The maximum Gasteiger partial charge on any atom is 0.122 e. The van der Waals surface area contributed by atoms with Crippen molar-refractivity contribution in [2.75, 3.05) is 6.61 Å². The molecule has 1 aliphatic heterocycles. The lowest BCUT2D eigenvalue weighted by atomic mass is 9.85. The van der Waals surface area contributed by atoms with Crippen molar-refractivity contribution < 1.29 is 4.74 Å². The van der Waals surface area contributed by atoms with E-state index in [4.69, 9.17) is 22.1 Å². The maximum atomic E-state index is 6.57. The van der Waals surface area contributed by atoms with E-state index in [9.17, 15) is 0 Å². The SMILES string of the molecule is CCc1nn(C)c(CC2(N)COc3ccccc3C2)c1Cl. The summed E-state index contributed by atoms with van der Waals surface area (Å²) in [5.41, 5.74) is 9.19. The number of aromatic nitrogens is 2. The third-order valence-electron chi connectivity index (χ3n) is 4.05. The van der Waals surface area contributed by atoms with Crippen molar-refractivity contribution in [3.05, 3.63) is 46.2 Å². The number of rotatable bonds is 3. The van der Waals surface area contributed by atoms with Gasteiger partial charge in [0.25, 0.3) is 0 Å². The zero-order valence-corrected chi connectivity index (χ0v) is 13.2. The fourth-order valence-electron chi connectivity index (χ4n) is 2.90. The summed E-state index contributed by atoms with van der Waals surface area (Å²) in [6.07, 6.45) is 2.26. The first kappa shape index (κ1) is 14.4. The monoisotopic (exact) mass is 305 g/mol. The number of hydrogen-bond donors (Lipinski definition) is 1. The second-order valence-electron chi connectivity index (χ2n) is 5.80. The predicted molar refractivity (Wildman–Crippen MR) is 83.9 cm³/mol. The molecule has 3 rings (SSSR count). The number of hydrogen-bond acceptors (Lipinski definition) is 3. The molecule has 0 spiro atoms. The van der Waals surface area contributed by atoms with Crippen LogP contribution in [0.2, 0.25) is 5.02 Å². The van der Waals surface area contributed by atoms with Gasteiger partial charge in [-0.2, -0.15) is 5.10 Å². The molecule has 1 unspecified atom stereocenters. The van der Waals surface area contributed by atoms with Crippen LogP contribution in [-0.4, -0.2) is 21.9 Å². The molecule has 0 saturated heterocycles. The molecular weight excluding hydrogens is 286 g/mol. The molecule has 1 atom stereocenters. The number of aryl methyl sites for hydroxylation is 2. The zero-order chi connectivity index (χ0) is 15.0. The fraction of sp³-hybridized carbons (Fsp3) is 0.438. The average molecular weight is 306 g/mol. The van der Waals surface area contributed by atoms with Gasteiger partial charge in [0.05, 0.1) is 21.9 Å². The number of benzene rings is 1. The predicted octanol–water partition coefficient (Wildman–Crippen LogP) is 2.51. The molecule has 21 heavy (non-hydrogen) atoms. The lowest BCUT2D eigenvalue weighted by molar-refractivity contribution is 0.188. The van der Waals surface area contributed by atoms with E-state index < -0.39 is 5.54 Å². The highest BCUT2D eigenvalue weighted by Crippen LogP contribution is 2.32. The standard InChI is InChI=1S/C16H20ClN3O/c1-3-12-15(17)13(20(2)19-12)9-16(18)8-11-6-4-5-7-14(11)21-10-16/h4-7H,3,8-10,18H2,1-2H3. The summed E-state index contributed by atoms with van der Waals surface area (Å²) in [4.78, 5) is 0. The normalized spacial score (nSPS) is 21.0. The Bertz CT molecular complexity index is 668.